The molecule has 3 aromatic heterocycles. The SMILES string of the molecule is O=C(c1csc(-c2ccsc2)n1)N1CCN(c2ccccn2)CC1. The summed E-state index contributed by atoms with van der Waals surface area (Å²) in [5.74, 6) is 0.992. The van der Waals surface area contributed by atoms with Crippen molar-refractivity contribution < 1.29 is 4.79 Å². The van der Waals surface area contributed by atoms with E-state index in [1.54, 1.807) is 17.5 Å². The van der Waals surface area contributed by atoms with Crippen LogP contribution in [0.5, 0.6) is 0 Å². The number of amides is 1. The molecule has 4 heterocycles. The molecular formula is C17H16N4OS2. The van der Waals surface area contributed by atoms with Crippen LogP contribution in [0.2, 0.25) is 0 Å². The van der Waals surface area contributed by atoms with Crippen LogP contribution in [0.3, 0.4) is 0 Å². The molecule has 24 heavy (non-hydrogen) atoms. The minimum absolute atomic E-state index is 0.0217. The van der Waals surface area contributed by atoms with E-state index in [1.807, 2.05) is 39.9 Å². The molecule has 1 saturated heterocycles. The first kappa shape index (κ1) is 15.3. The Kier molecular flexibility index (Phi) is 4.27. The Morgan fingerprint density at radius 2 is 1.96 bits per heavy atom. The highest BCUT2D eigenvalue weighted by Gasteiger charge is 2.24. The lowest BCUT2D eigenvalue weighted by molar-refractivity contribution is 0.0741. The molecule has 0 unspecified atom stereocenters. The van der Waals surface area contributed by atoms with Crippen molar-refractivity contribution in [2.24, 2.45) is 0 Å². The Morgan fingerprint density at radius 3 is 2.67 bits per heavy atom. The van der Waals surface area contributed by atoms with Gasteiger partial charge in [-0.3, -0.25) is 4.79 Å². The molecule has 1 aliphatic heterocycles. The smallest absolute Gasteiger partial charge is 0.273 e. The standard InChI is InChI=1S/C17H16N4OS2/c22-17(14-12-24-16(19-14)13-4-10-23-11-13)21-8-6-20(7-9-21)15-3-1-2-5-18-15/h1-5,10-12H,6-9H2. The minimum Gasteiger partial charge on any atom is -0.353 e. The van der Waals surface area contributed by atoms with Crippen LogP contribution >= 0.6 is 22.7 Å². The van der Waals surface area contributed by atoms with Gasteiger partial charge in [-0.1, -0.05) is 6.07 Å². The summed E-state index contributed by atoms with van der Waals surface area (Å²) in [5, 5.41) is 6.85. The van der Waals surface area contributed by atoms with Gasteiger partial charge in [-0.2, -0.15) is 11.3 Å². The maximum absolute atomic E-state index is 12.7. The summed E-state index contributed by atoms with van der Waals surface area (Å²) in [6.45, 7) is 2.98. The molecule has 0 saturated carbocycles. The Bertz CT molecular complexity index is 808. The van der Waals surface area contributed by atoms with Crippen molar-refractivity contribution in [3.8, 4) is 10.6 Å². The van der Waals surface area contributed by atoms with Gasteiger partial charge in [-0.15, -0.1) is 11.3 Å². The first-order valence-electron chi connectivity index (χ1n) is 7.74. The molecule has 1 aliphatic rings. The number of nitrogens with zero attached hydrogens (tertiary/aromatic N) is 4. The quantitative estimate of drug-likeness (QED) is 0.723. The normalized spacial score (nSPS) is 14.8. The molecule has 122 valence electrons. The van der Waals surface area contributed by atoms with E-state index in [0.29, 0.717) is 18.8 Å². The molecule has 0 spiro atoms. The van der Waals surface area contributed by atoms with Crippen molar-refractivity contribution in [3.05, 3.63) is 52.3 Å². The first-order chi connectivity index (χ1) is 11.8. The Hall–Kier alpha value is -2.25. The number of hydrogen-bond acceptors (Lipinski definition) is 6. The fraction of sp³-hybridized carbons (Fsp3) is 0.235. The summed E-state index contributed by atoms with van der Waals surface area (Å²) in [7, 11) is 0. The zero-order chi connectivity index (χ0) is 16.4. The van der Waals surface area contributed by atoms with E-state index in [0.717, 1.165) is 29.5 Å². The average molecular weight is 356 g/mol. The fourth-order valence-electron chi connectivity index (χ4n) is 2.73. The monoisotopic (exact) mass is 356 g/mol. The number of hydrogen-bond donors (Lipinski definition) is 0. The fourth-order valence-corrected chi connectivity index (χ4v) is 4.24. The Morgan fingerprint density at radius 1 is 1.08 bits per heavy atom. The molecule has 4 rings (SSSR count). The lowest BCUT2D eigenvalue weighted by Gasteiger charge is -2.35. The summed E-state index contributed by atoms with van der Waals surface area (Å²) >= 11 is 3.16. The molecule has 0 radical (unpaired) electrons. The van der Waals surface area contributed by atoms with E-state index in [9.17, 15) is 4.79 Å². The predicted octanol–water partition coefficient (Wildman–Crippen LogP) is 3.23. The van der Waals surface area contributed by atoms with Gasteiger partial charge in [0, 0.05) is 48.7 Å². The highest BCUT2D eigenvalue weighted by molar-refractivity contribution is 7.14. The summed E-state index contributed by atoms with van der Waals surface area (Å²) in [5.41, 5.74) is 1.64. The number of aromatic nitrogens is 2. The van der Waals surface area contributed by atoms with Crippen LogP contribution in [0.15, 0.2) is 46.6 Å². The van der Waals surface area contributed by atoms with Gasteiger partial charge in [0.25, 0.3) is 5.91 Å². The Labute approximate surface area is 148 Å². The topological polar surface area (TPSA) is 49.3 Å². The summed E-state index contributed by atoms with van der Waals surface area (Å²) < 4.78 is 0. The summed E-state index contributed by atoms with van der Waals surface area (Å²) in [4.78, 5) is 25.6. The van der Waals surface area contributed by atoms with Crippen molar-refractivity contribution in [2.45, 2.75) is 0 Å². The van der Waals surface area contributed by atoms with Gasteiger partial charge in [-0.05, 0) is 23.6 Å². The van der Waals surface area contributed by atoms with E-state index in [2.05, 4.69) is 20.2 Å². The molecule has 0 aromatic carbocycles. The molecule has 1 fully saturated rings. The van der Waals surface area contributed by atoms with Crippen molar-refractivity contribution in [1.29, 1.82) is 0 Å². The predicted molar refractivity (Wildman–Crippen MR) is 97.8 cm³/mol. The number of pyridine rings is 1. The maximum atomic E-state index is 12.7. The van der Waals surface area contributed by atoms with Gasteiger partial charge in [0.05, 0.1) is 0 Å². The van der Waals surface area contributed by atoms with Crippen LogP contribution in [0.1, 0.15) is 10.5 Å². The second kappa shape index (κ2) is 6.70. The number of carbonyl (C=O) groups excluding carboxylic acids is 1. The van der Waals surface area contributed by atoms with Crippen molar-refractivity contribution >= 4 is 34.4 Å². The van der Waals surface area contributed by atoms with Crippen LogP contribution in [-0.4, -0.2) is 47.0 Å². The third-order valence-corrected chi connectivity index (χ3v) is 5.61. The van der Waals surface area contributed by atoms with Gasteiger partial charge in [0.2, 0.25) is 0 Å². The second-order valence-electron chi connectivity index (χ2n) is 5.52. The van der Waals surface area contributed by atoms with Gasteiger partial charge >= 0.3 is 0 Å². The average Bonchev–Trinajstić information content (AvgIpc) is 3.33. The van der Waals surface area contributed by atoms with Gasteiger partial charge in [-0.25, -0.2) is 9.97 Å². The lowest BCUT2D eigenvalue weighted by Crippen LogP contribution is -2.49. The zero-order valence-electron chi connectivity index (χ0n) is 13.0. The molecule has 0 atom stereocenters. The zero-order valence-corrected chi connectivity index (χ0v) is 14.6. The number of thiophene rings is 1. The molecular weight excluding hydrogens is 340 g/mol. The van der Waals surface area contributed by atoms with E-state index in [-0.39, 0.29) is 5.91 Å². The first-order valence-corrected chi connectivity index (χ1v) is 9.57. The highest BCUT2D eigenvalue weighted by atomic mass is 32.1. The van der Waals surface area contributed by atoms with Crippen LogP contribution in [0.25, 0.3) is 10.6 Å². The van der Waals surface area contributed by atoms with E-state index >= 15 is 0 Å². The molecule has 1 amide bonds. The molecule has 7 heteroatoms. The van der Waals surface area contributed by atoms with Crippen LogP contribution < -0.4 is 4.90 Å². The highest BCUT2D eigenvalue weighted by Crippen LogP contribution is 2.26. The summed E-state index contributed by atoms with van der Waals surface area (Å²) in [6, 6.07) is 7.94. The number of anilines is 1. The number of piperazine rings is 1. The van der Waals surface area contributed by atoms with Crippen molar-refractivity contribution in [1.82, 2.24) is 14.9 Å². The van der Waals surface area contributed by atoms with E-state index in [1.165, 1.54) is 11.3 Å². The number of rotatable bonds is 3. The van der Waals surface area contributed by atoms with Crippen LogP contribution in [0, 0.1) is 0 Å². The van der Waals surface area contributed by atoms with E-state index < -0.39 is 0 Å². The van der Waals surface area contributed by atoms with Crippen LogP contribution in [-0.2, 0) is 0 Å². The van der Waals surface area contributed by atoms with Crippen molar-refractivity contribution in [2.75, 3.05) is 31.1 Å². The van der Waals surface area contributed by atoms with Crippen LogP contribution in [0.4, 0.5) is 5.82 Å². The molecule has 3 aromatic rings. The maximum Gasteiger partial charge on any atom is 0.273 e. The molecule has 0 N–H and O–H groups in total. The molecule has 5 nitrogen and oxygen atoms in total. The van der Waals surface area contributed by atoms with Gasteiger partial charge < -0.3 is 9.80 Å². The van der Waals surface area contributed by atoms with Gasteiger partial charge in [0.15, 0.2) is 0 Å². The number of carbonyl (C=O) groups is 1. The second-order valence-corrected chi connectivity index (χ2v) is 7.16. The number of thiazole rings is 1. The molecule has 0 bridgehead atoms. The Balaban J connectivity index is 1.41. The largest absolute Gasteiger partial charge is 0.353 e. The van der Waals surface area contributed by atoms with Crippen molar-refractivity contribution in [3.63, 3.8) is 0 Å². The summed E-state index contributed by atoms with van der Waals surface area (Å²) in [6.07, 6.45) is 1.80. The third kappa shape index (κ3) is 3.05. The van der Waals surface area contributed by atoms with E-state index in [4.69, 9.17) is 0 Å². The molecule has 0 aliphatic carbocycles. The minimum atomic E-state index is 0.0217. The lowest BCUT2D eigenvalue weighted by atomic mass is 10.2. The third-order valence-electron chi connectivity index (χ3n) is 4.03. The van der Waals surface area contributed by atoms with Gasteiger partial charge in [0.1, 0.15) is 16.5 Å².